The summed E-state index contributed by atoms with van der Waals surface area (Å²) in [5.41, 5.74) is 3.26. The topological polar surface area (TPSA) is 67.2 Å². The van der Waals surface area contributed by atoms with E-state index in [1.54, 1.807) is 18.2 Å². The zero-order valence-electron chi connectivity index (χ0n) is 15.1. The maximum atomic E-state index is 12.7. The Labute approximate surface area is 171 Å². The quantitative estimate of drug-likeness (QED) is 0.493. The average molecular weight is 412 g/mol. The highest BCUT2D eigenvalue weighted by molar-refractivity contribution is 7.20. The minimum absolute atomic E-state index is 0.0658. The summed E-state index contributed by atoms with van der Waals surface area (Å²) in [6.45, 7) is 2.42. The molecule has 0 fully saturated rings. The van der Waals surface area contributed by atoms with Crippen LogP contribution in [-0.4, -0.2) is 20.8 Å². The predicted molar refractivity (Wildman–Crippen MR) is 113 cm³/mol. The van der Waals surface area contributed by atoms with E-state index in [1.807, 2.05) is 48.0 Å². The number of nitrogens with one attached hydrogen (secondary N) is 1. The van der Waals surface area contributed by atoms with Gasteiger partial charge in [0.05, 0.1) is 23.7 Å². The van der Waals surface area contributed by atoms with Gasteiger partial charge in [0.2, 0.25) is 0 Å². The first kappa shape index (κ1) is 18.7. The van der Waals surface area contributed by atoms with Crippen LogP contribution in [0.2, 0.25) is 5.02 Å². The number of aliphatic hydroxyl groups is 1. The van der Waals surface area contributed by atoms with Gasteiger partial charge in [0.25, 0.3) is 5.91 Å². The molecule has 0 saturated carbocycles. The zero-order chi connectivity index (χ0) is 19.7. The maximum absolute atomic E-state index is 12.7. The molecule has 2 aromatic carbocycles. The van der Waals surface area contributed by atoms with Gasteiger partial charge in [0, 0.05) is 16.1 Å². The number of carbonyl (C=O) groups is 1. The molecule has 0 atom stereocenters. The summed E-state index contributed by atoms with van der Waals surface area (Å²) in [4.78, 5) is 14.2. The molecule has 2 aromatic heterocycles. The van der Waals surface area contributed by atoms with Gasteiger partial charge < -0.3 is 10.4 Å². The highest BCUT2D eigenvalue weighted by Gasteiger charge is 2.17. The molecule has 28 heavy (non-hydrogen) atoms. The van der Waals surface area contributed by atoms with Crippen molar-refractivity contribution in [1.82, 2.24) is 9.78 Å². The molecule has 2 heterocycles. The molecule has 0 saturated heterocycles. The lowest BCUT2D eigenvalue weighted by atomic mass is 10.2. The van der Waals surface area contributed by atoms with Crippen LogP contribution in [0.5, 0.6) is 0 Å². The van der Waals surface area contributed by atoms with Gasteiger partial charge in [0.1, 0.15) is 4.83 Å². The number of nitrogens with zero attached hydrogens (tertiary/aromatic N) is 2. The lowest BCUT2D eigenvalue weighted by molar-refractivity contribution is 0.103. The van der Waals surface area contributed by atoms with E-state index in [-0.39, 0.29) is 12.5 Å². The number of amides is 1. The summed E-state index contributed by atoms with van der Waals surface area (Å²) in [6.07, 6.45) is 0. The number of hydrogen-bond donors (Lipinski definition) is 2. The maximum Gasteiger partial charge on any atom is 0.265 e. The van der Waals surface area contributed by atoms with Crippen molar-refractivity contribution in [2.24, 2.45) is 0 Å². The number of aryl methyl sites for hydroxylation is 1. The van der Waals surface area contributed by atoms with E-state index in [0.717, 1.165) is 27.0 Å². The number of anilines is 1. The van der Waals surface area contributed by atoms with Gasteiger partial charge in [-0.25, -0.2) is 0 Å². The molecule has 7 heteroatoms. The Morgan fingerprint density at radius 3 is 2.82 bits per heavy atom. The van der Waals surface area contributed by atoms with Crippen molar-refractivity contribution in [3.05, 3.63) is 81.3 Å². The second-order valence-electron chi connectivity index (χ2n) is 6.48. The summed E-state index contributed by atoms with van der Waals surface area (Å²) in [7, 11) is 0. The van der Waals surface area contributed by atoms with Crippen LogP contribution in [0.4, 0.5) is 5.69 Å². The summed E-state index contributed by atoms with van der Waals surface area (Å²) in [5.74, 6) is -0.181. The SMILES string of the molecule is Cc1nn(Cc2ccccc2Cl)c2sc(C(=O)Nc3cccc(CO)c3)cc12. The fourth-order valence-corrected chi connectivity index (χ4v) is 4.31. The van der Waals surface area contributed by atoms with Crippen molar-refractivity contribution in [1.29, 1.82) is 0 Å². The molecule has 142 valence electrons. The number of carbonyl (C=O) groups excluding carboxylic acids is 1. The van der Waals surface area contributed by atoms with E-state index in [2.05, 4.69) is 10.4 Å². The van der Waals surface area contributed by atoms with Crippen molar-refractivity contribution >= 4 is 44.7 Å². The van der Waals surface area contributed by atoms with Gasteiger partial charge in [-0.2, -0.15) is 5.10 Å². The van der Waals surface area contributed by atoms with Crippen molar-refractivity contribution < 1.29 is 9.90 Å². The minimum Gasteiger partial charge on any atom is -0.392 e. The average Bonchev–Trinajstić information content (AvgIpc) is 3.25. The minimum atomic E-state index is -0.181. The first-order valence-electron chi connectivity index (χ1n) is 8.76. The van der Waals surface area contributed by atoms with Crippen LogP contribution in [0, 0.1) is 6.92 Å². The molecule has 5 nitrogen and oxygen atoms in total. The molecule has 0 aliphatic heterocycles. The van der Waals surface area contributed by atoms with Gasteiger partial charge in [-0.15, -0.1) is 11.3 Å². The Morgan fingerprint density at radius 1 is 1.21 bits per heavy atom. The lowest BCUT2D eigenvalue weighted by Gasteiger charge is -2.06. The molecular formula is C21H18ClN3O2S. The van der Waals surface area contributed by atoms with E-state index in [9.17, 15) is 9.90 Å². The largest absolute Gasteiger partial charge is 0.392 e. The highest BCUT2D eigenvalue weighted by Crippen LogP contribution is 2.30. The smallest absolute Gasteiger partial charge is 0.265 e. The summed E-state index contributed by atoms with van der Waals surface area (Å²) < 4.78 is 1.89. The second kappa shape index (κ2) is 7.75. The lowest BCUT2D eigenvalue weighted by Crippen LogP contribution is -2.10. The fraction of sp³-hybridized carbons (Fsp3) is 0.143. The van der Waals surface area contributed by atoms with Crippen LogP contribution >= 0.6 is 22.9 Å². The predicted octanol–water partition coefficient (Wildman–Crippen LogP) is 4.85. The number of hydrogen-bond acceptors (Lipinski definition) is 4. The van der Waals surface area contributed by atoms with Gasteiger partial charge in [0.15, 0.2) is 0 Å². The molecule has 4 aromatic rings. The zero-order valence-corrected chi connectivity index (χ0v) is 16.7. The first-order chi connectivity index (χ1) is 13.5. The number of rotatable bonds is 5. The summed E-state index contributed by atoms with van der Waals surface area (Å²) in [5, 5.41) is 18.4. The van der Waals surface area contributed by atoms with E-state index in [0.29, 0.717) is 22.1 Å². The van der Waals surface area contributed by atoms with Crippen molar-refractivity contribution in [3.8, 4) is 0 Å². The third-order valence-corrected chi connectivity index (χ3v) is 5.99. The molecule has 0 aliphatic rings. The van der Waals surface area contributed by atoms with Crippen molar-refractivity contribution in [2.75, 3.05) is 5.32 Å². The Morgan fingerprint density at radius 2 is 2.04 bits per heavy atom. The highest BCUT2D eigenvalue weighted by atomic mass is 35.5. The molecule has 1 amide bonds. The monoisotopic (exact) mass is 411 g/mol. The van der Waals surface area contributed by atoms with E-state index < -0.39 is 0 Å². The summed E-state index contributed by atoms with van der Waals surface area (Å²) >= 11 is 7.69. The second-order valence-corrected chi connectivity index (χ2v) is 7.91. The molecule has 0 aliphatic carbocycles. The van der Waals surface area contributed by atoms with E-state index >= 15 is 0 Å². The number of aromatic nitrogens is 2. The Kier molecular flexibility index (Phi) is 5.17. The number of halogens is 1. The van der Waals surface area contributed by atoms with Crippen LogP contribution < -0.4 is 5.32 Å². The van der Waals surface area contributed by atoms with E-state index in [4.69, 9.17) is 11.6 Å². The third kappa shape index (κ3) is 3.67. The van der Waals surface area contributed by atoms with Gasteiger partial charge in [-0.1, -0.05) is 41.9 Å². The molecule has 0 unspecified atom stereocenters. The van der Waals surface area contributed by atoms with Gasteiger partial charge in [-0.05, 0) is 42.3 Å². The molecule has 4 rings (SSSR count). The summed E-state index contributed by atoms with van der Waals surface area (Å²) in [6, 6.07) is 16.7. The Bertz CT molecular complexity index is 1170. The number of benzene rings is 2. The molecular weight excluding hydrogens is 394 g/mol. The molecule has 2 N–H and O–H groups in total. The van der Waals surface area contributed by atoms with Crippen LogP contribution in [0.15, 0.2) is 54.6 Å². The van der Waals surface area contributed by atoms with Crippen LogP contribution in [0.25, 0.3) is 10.2 Å². The molecule has 0 radical (unpaired) electrons. The number of fused-ring (bicyclic) bond motifs is 1. The Balaban J connectivity index is 1.62. The first-order valence-corrected chi connectivity index (χ1v) is 9.96. The number of aliphatic hydroxyl groups excluding tert-OH is 1. The van der Waals surface area contributed by atoms with Gasteiger partial charge >= 0.3 is 0 Å². The van der Waals surface area contributed by atoms with Crippen LogP contribution in [0.1, 0.15) is 26.5 Å². The van der Waals surface area contributed by atoms with Crippen LogP contribution in [-0.2, 0) is 13.2 Å². The molecule has 0 spiro atoms. The van der Waals surface area contributed by atoms with E-state index in [1.165, 1.54) is 11.3 Å². The standard InChI is InChI=1S/C21H18ClN3O2S/c1-13-17-10-19(20(27)23-16-7-4-5-14(9-16)12-26)28-21(17)25(24-13)11-15-6-2-3-8-18(15)22/h2-10,26H,11-12H2,1H3,(H,23,27). The van der Waals surface area contributed by atoms with Crippen molar-refractivity contribution in [2.45, 2.75) is 20.1 Å². The molecule has 0 bridgehead atoms. The van der Waals surface area contributed by atoms with Crippen molar-refractivity contribution in [3.63, 3.8) is 0 Å². The van der Waals surface area contributed by atoms with Crippen LogP contribution in [0.3, 0.4) is 0 Å². The van der Waals surface area contributed by atoms with Gasteiger partial charge in [-0.3, -0.25) is 9.48 Å². The normalized spacial score (nSPS) is 11.1. The fourth-order valence-electron chi connectivity index (χ4n) is 3.06. The Hall–Kier alpha value is -2.67. The third-order valence-electron chi connectivity index (χ3n) is 4.48. The number of thiophene rings is 1.